The van der Waals surface area contributed by atoms with E-state index in [1.54, 1.807) is 0 Å². The average Bonchev–Trinajstić information content (AvgIpc) is 3.18. The molecule has 1 aliphatic rings. The molecule has 3 N–H and O–H groups in total. The Morgan fingerprint density at radius 2 is 2.26 bits per heavy atom. The number of hydrogen-bond acceptors (Lipinski definition) is 7. The predicted molar refractivity (Wildman–Crippen MR) is 87.0 cm³/mol. The summed E-state index contributed by atoms with van der Waals surface area (Å²) in [6.45, 7) is 4.74. The van der Waals surface area contributed by atoms with Crippen LogP contribution < -0.4 is 11.1 Å². The van der Waals surface area contributed by atoms with E-state index >= 15 is 0 Å². The first-order valence-electron chi connectivity index (χ1n) is 7.75. The Labute approximate surface area is 138 Å². The Morgan fingerprint density at radius 1 is 1.48 bits per heavy atom. The highest BCUT2D eigenvalue weighted by molar-refractivity contribution is 7.13. The van der Waals surface area contributed by atoms with Crippen molar-refractivity contribution in [1.82, 2.24) is 20.4 Å². The number of amides is 1. The summed E-state index contributed by atoms with van der Waals surface area (Å²) in [5, 5.41) is 7.04. The minimum Gasteiger partial charge on any atom is -0.349 e. The Hall–Kier alpha value is -1.77. The molecule has 0 unspecified atom stereocenters. The van der Waals surface area contributed by atoms with Gasteiger partial charge in [-0.05, 0) is 31.9 Å². The molecular formula is C15H21N5O2S. The van der Waals surface area contributed by atoms with Gasteiger partial charge in [0.15, 0.2) is 5.82 Å². The summed E-state index contributed by atoms with van der Waals surface area (Å²) in [6.07, 6.45) is 1.86. The van der Waals surface area contributed by atoms with Crippen molar-refractivity contribution in [3.8, 4) is 0 Å². The van der Waals surface area contributed by atoms with Crippen molar-refractivity contribution >= 4 is 17.2 Å². The van der Waals surface area contributed by atoms with Gasteiger partial charge in [0.2, 0.25) is 5.89 Å². The molecule has 0 atom stereocenters. The minimum absolute atomic E-state index is 0.0345. The molecule has 2 aromatic heterocycles. The van der Waals surface area contributed by atoms with Crippen molar-refractivity contribution in [2.75, 3.05) is 13.1 Å². The second-order valence-electron chi connectivity index (χ2n) is 5.74. The van der Waals surface area contributed by atoms with E-state index in [0.29, 0.717) is 18.3 Å². The van der Waals surface area contributed by atoms with Crippen LogP contribution >= 0.6 is 11.3 Å². The third kappa shape index (κ3) is 4.15. The maximum Gasteiger partial charge on any atom is 0.261 e. The topological polar surface area (TPSA) is 97.3 Å². The number of thiophene rings is 1. The quantitative estimate of drug-likeness (QED) is 0.854. The highest BCUT2D eigenvalue weighted by Crippen LogP contribution is 2.17. The number of nitrogens with one attached hydrogen (secondary N) is 1. The molecular weight excluding hydrogens is 314 g/mol. The maximum atomic E-state index is 12.2. The number of rotatable bonds is 5. The fourth-order valence-electron chi connectivity index (χ4n) is 2.69. The van der Waals surface area contributed by atoms with Gasteiger partial charge in [-0.3, -0.25) is 9.69 Å². The van der Waals surface area contributed by atoms with Crippen LogP contribution in [-0.4, -0.2) is 40.1 Å². The lowest BCUT2D eigenvalue weighted by atomic mass is 10.0. The van der Waals surface area contributed by atoms with Gasteiger partial charge in [-0.25, -0.2) is 0 Å². The first kappa shape index (κ1) is 16.1. The average molecular weight is 335 g/mol. The van der Waals surface area contributed by atoms with Crippen LogP contribution in [0.4, 0.5) is 0 Å². The summed E-state index contributed by atoms with van der Waals surface area (Å²) < 4.78 is 5.01. The van der Waals surface area contributed by atoms with E-state index in [1.165, 1.54) is 11.3 Å². The molecule has 1 amide bonds. The number of carbonyl (C=O) groups excluding carboxylic acids is 1. The van der Waals surface area contributed by atoms with Gasteiger partial charge in [0, 0.05) is 24.0 Å². The van der Waals surface area contributed by atoms with Crippen molar-refractivity contribution in [2.24, 2.45) is 5.73 Å². The molecule has 0 saturated carbocycles. The lowest BCUT2D eigenvalue weighted by molar-refractivity contribution is 0.0912. The summed E-state index contributed by atoms with van der Waals surface area (Å²) >= 11 is 1.53. The molecule has 1 fully saturated rings. The van der Waals surface area contributed by atoms with Crippen LogP contribution in [0.25, 0.3) is 0 Å². The second kappa shape index (κ2) is 7.20. The fourth-order valence-corrected chi connectivity index (χ4v) is 3.46. The summed E-state index contributed by atoms with van der Waals surface area (Å²) in [5.74, 6) is 1.17. The van der Waals surface area contributed by atoms with Crippen LogP contribution in [0.2, 0.25) is 0 Å². The monoisotopic (exact) mass is 335 g/mol. The highest BCUT2D eigenvalue weighted by Gasteiger charge is 2.22. The van der Waals surface area contributed by atoms with Crippen molar-refractivity contribution in [2.45, 2.75) is 38.9 Å². The van der Waals surface area contributed by atoms with E-state index in [-0.39, 0.29) is 18.5 Å². The van der Waals surface area contributed by atoms with E-state index < -0.39 is 0 Å². The first-order chi connectivity index (χ1) is 11.1. The van der Waals surface area contributed by atoms with Gasteiger partial charge in [-0.1, -0.05) is 5.16 Å². The molecule has 3 heterocycles. The minimum atomic E-state index is 0.0345. The molecule has 23 heavy (non-hydrogen) atoms. The van der Waals surface area contributed by atoms with Gasteiger partial charge >= 0.3 is 0 Å². The van der Waals surface area contributed by atoms with Crippen LogP contribution in [-0.2, 0) is 13.1 Å². The molecule has 0 bridgehead atoms. The second-order valence-corrected chi connectivity index (χ2v) is 7.03. The molecule has 2 aromatic rings. The van der Waals surface area contributed by atoms with Crippen molar-refractivity contribution < 1.29 is 9.32 Å². The number of piperidine rings is 1. The molecule has 1 aliphatic heterocycles. The smallest absolute Gasteiger partial charge is 0.261 e. The lowest BCUT2D eigenvalue weighted by Crippen LogP contribution is -2.44. The van der Waals surface area contributed by atoms with Gasteiger partial charge in [0.1, 0.15) is 0 Å². The summed E-state index contributed by atoms with van der Waals surface area (Å²) in [7, 11) is 0. The van der Waals surface area contributed by atoms with Crippen molar-refractivity contribution in [1.29, 1.82) is 0 Å². The van der Waals surface area contributed by atoms with Gasteiger partial charge in [-0.15, -0.1) is 11.3 Å². The third-order valence-electron chi connectivity index (χ3n) is 3.94. The SMILES string of the molecule is Cc1ccc(C(=O)NC2CCN(Cc3noc(CN)n3)CC2)s1. The van der Waals surface area contributed by atoms with Crippen LogP contribution in [0.1, 0.15) is 39.1 Å². The van der Waals surface area contributed by atoms with Gasteiger partial charge in [0.25, 0.3) is 5.91 Å². The summed E-state index contributed by atoms with van der Waals surface area (Å²) in [4.78, 5) is 20.6. The van der Waals surface area contributed by atoms with Gasteiger partial charge in [-0.2, -0.15) is 4.98 Å². The normalized spacial score (nSPS) is 16.6. The standard InChI is InChI=1S/C15H21N5O2S/c1-10-2-3-12(23-10)15(21)17-11-4-6-20(7-5-11)9-13-18-14(8-16)22-19-13/h2-3,11H,4-9,16H2,1H3,(H,17,21). The number of aromatic nitrogens is 2. The molecule has 0 aliphatic carbocycles. The zero-order valence-corrected chi connectivity index (χ0v) is 13.9. The molecule has 0 aromatic carbocycles. The van der Waals surface area contributed by atoms with Gasteiger partial charge < -0.3 is 15.6 Å². The molecule has 124 valence electrons. The number of nitrogens with zero attached hydrogens (tertiary/aromatic N) is 3. The number of carbonyl (C=O) groups is 1. The Balaban J connectivity index is 1.45. The fraction of sp³-hybridized carbons (Fsp3) is 0.533. The van der Waals surface area contributed by atoms with Crippen LogP contribution in [0.15, 0.2) is 16.7 Å². The highest BCUT2D eigenvalue weighted by atomic mass is 32.1. The Kier molecular flexibility index (Phi) is 5.04. The Morgan fingerprint density at radius 3 is 2.87 bits per heavy atom. The van der Waals surface area contributed by atoms with E-state index in [2.05, 4.69) is 20.4 Å². The predicted octanol–water partition coefficient (Wildman–Crippen LogP) is 1.29. The van der Waals surface area contributed by atoms with E-state index in [9.17, 15) is 4.79 Å². The van der Waals surface area contributed by atoms with E-state index in [0.717, 1.165) is 35.7 Å². The van der Waals surface area contributed by atoms with Crippen molar-refractivity contribution in [3.05, 3.63) is 33.6 Å². The first-order valence-corrected chi connectivity index (χ1v) is 8.57. The van der Waals surface area contributed by atoms with E-state index in [1.807, 2.05) is 19.1 Å². The summed E-state index contributed by atoms with van der Waals surface area (Å²) in [5.41, 5.74) is 5.46. The third-order valence-corrected chi connectivity index (χ3v) is 4.94. The number of nitrogens with two attached hydrogens (primary N) is 1. The van der Waals surface area contributed by atoms with Crippen LogP contribution in [0, 0.1) is 6.92 Å². The van der Waals surface area contributed by atoms with Crippen LogP contribution in [0.5, 0.6) is 0 Å². The molecule has 8 heteroatoms. The lowest BCUT2D eigenvalue weighted by Gasteiger charge is -2.31. The molecule has 0 radical (unpaired) electrons. The number of likely N-dealkylation sites (tertiary alicyclic amines) is 1. The van der Waals surface area contributed by atoms with Crippen molar-refractivity contribution in [3.63, 3.8) is 0 Å². The van der Waals surface area contributed by atoms with Gasteiger partial charge in [0.05, 0.1) is 18.0 Å². The summed E-state index contributed by atoms with van der Waals surface area (Å²) in [6, 6.07) is 4.09. The Bertz CT molecular complexity index is 660. The zero-order valence-electron chi connectivity index (χ0n) is 13.1. The number of aryl methyl sites for hydroxylation is 1. The van der Waals surface area contributed by atoms with Crippen LogP contribution in [0.3, 0.4) is 0 Å². The molecule has 3 rings (SSSR count). The molecule has 0 spiro atoms. The molecule has 1 saturated heterocycles. The number of hydrogen-bond donors (Lipinski definition) is 2. The zero-order chi connectivity index (χ0) is 16.2. The van der Waals surface area contributed by atoms with E-state index in [4.69, 9.17) is 10.3 Å². The largest absolute Gasteiger partial charge is 0.349 e. The maximum absolute atomic E-state index is 12.2. The molecule has 7 nitrogen and oxygen atoms in total.